The largest absolute Gasteiger partial charge is 0.352 e. The minimum atomic E-state index is 0.137. The van der Waals surface area contributed by atoms with Gasteiger partial charge in [-0.1, -0.05) is 6.07 Å². The molecule has 29 heavy (non-hydrogen) atoms. The first-order valence-electron chi connectivity index (χ1n) is 10.2. The Morgan fingerprint density at radius 1 is 1.21 bits per heavy atom. The summed E-state index contributed by atoms with van der Waals surface area (Å²) < 4.78 is 2.18. The third-order valence-corrected chi connectivity index (χ3v) is 6.31. The molecule has 3 aromatic rings. The molecule has 1 aliphatic heterocycles. The molecule has 4 heterocycles. The van der Waals surface area contributed by atoms with Gasteiger partial charge >= 0.3 is 0 Å². The lowest BCUT2D eigenvalue weighted by molar-refractivity contribution is -0.121. The minimum absolute atomic E-state index is 0.137. The molecule has 0 bridgehead atoms. The normalized spacial score (nSPS) is 15.4. The zero-order valence-electron chi connectivity index (χ0n) is 16.5. The van der Waals surface area contributed by atoms with E-state index in [1.54, 1.807) is 23.7 Å². The van der Waals surface area contributed by atoms with Gasteiger partial charge in [-0.05, 0) is 62.0 Å². The van der Waals surface area contributed by atoms with E-state index in [4.69, 9.17) is 0 Å². The first kappa shape index (κ1) is 19.8. The number of piperidine rings is 1. The number of rotatable bonds is 8. The van der Waals surface area contributed by atoms with Crippen LogP contribution >= 0.6 is 11.3 Å². The van der Waals surface area contributed by atoms with Gasteiger partial charge in [0.2, 0.25) is 5.91 Å². The summed E-state index contributed by atoms with van der Waals surface area (Å²) >= 11 is 1.66. The van der Waals surface area contributed by atoms with Crippen molar-refractivity contribution in [3.8, 4) is 5.13 Å². The second kappa shape index (κ2) is 9.80. The summed E-state index contributed by atoms with van der Waals surface area (Å²) in [5.41, 5.74) is 2.32. The number of hydrogen-bond donors (Lipinski definition) is 1. The van der Waals surface area contributed by atoms with Crippen molar-refractivity contribution < 1.29 is 4.79 Å². The van der Waals surface area contributed by atoms with Gasteiger partial charge in [0.05, 0.1) is 0 Å². The summed E-state index contributed by atoms with van der Waals surface area (Å²) in [6.45, 7) is 3.69. The van der Waals surface area contributed by atoms with Crippen LogP contribution in [0.2, 0.25) is 0 Å². The van der Waals surface area contributed by atoms with E-state index in [0.29, 0.717) is 18.9 Å². The first-order valence-corrected chi connectivity index (χ1v) is 11.1. The fraction of sp³-hybridized carbons (Fsp3) is 0.409. The summed E-state index contributed by atoms with van der Waals surface area (Å²) in [4.78, 5) is 23.1. The van der Waals surface area contributed by atoms with Crippen molar-refractivity contribution in [1.29, 1.82) is 0 Å². The Balaban J connectivity index is 1.17. The molecule has 1 aliphatic rings. The van der Waals surface area contributed by atoms with Gasteiger partial charge in [0, 0.05) is 55.4 Å². The third kappa shape index (κ3) is 5.52. The van der Waals surface area contributed by atoms with Gasteiger partial charge in [-0.3, -0.25) is 19.2 Å². The van der Waals surface area contributed by atoms with Crippen LogP contribution in [0, 0.1) is 5.92 Å². The molecular formula is C22H27N5OS. The predicted molar refractivity (Wildman–Crippen MR) is 115 cm³/mol. The lowest BCUT2D eigenvalue weighted by Crippen LogP contribution is -2.34. The van der Waals surface area contributed by atoms with Crippen molar-refractivity contribution in [2.75, 3.05) is 13.1 Å². The van der Waals surface area contributed by atoms with E-state index in [1.165, 1.54) is 5.69 Å². The van der Waals surface area contributed by atoms with Crippen LogP contribution in [0.4, 0.5) is 0 Å². The van der Waals surface area contributed by atoms with Crippen LogP contribution in [0.5, 0.6) is 0 Å². The van der Waals surface area contributed by atoms with Crippen LogP contribution in [0.1, 0.15) is 36.9 Å². The zero-order valence-corrected chi connectivity index (χ0v) is 17.4. The maximum Gasteiger partial charge on any atom is 0.220 e. The Kier molecular flexibility index (Phi) is 6.69. The predicted octanol–water partition coefficient (Wildman–Crippen LogP) is 3.64. The summed E-state index contributed by atoms with van der Waals surface area (Å²) in [7, 11) is 0. The SMILES string of the molecule is O=C(CCC1CCN(Cc2cccn2-c2nccs2)CC1)NCc1cccnc1. The Morgan fingerprint density at radius 3 is 2.86 bits per heavy atom. The number of hydrogen-bond acceptors (Lipinski definition) is 5. The number of thiazole rings is 1. The lowest BCUT2D eigenvalue weighted by atomic mass is 9.92. The molecule has 0 radical (unpaired) electrons. The van der Waals surface area contributed by atoms with Crippen LogP contribution < -0.4 is 5.32 Å². The van der Waals surface area contributed by atoms with Crippen LogP contribution in [-0.2, 0) is 17.9 Å². The molecule has 1 fully saturated rings. The van der Waals surface area contributed by atoms with Gasteiger partial charge in [0.1, 0.15) is 0 Å². The van der Waals surface area contributed by atoms with Crippen molar-refractivity contribution in [2.24, 2.45) is 5.92 Å². The minimum Gasteiger partial charge on any atom is -0.352 e. The smallest absolute Gasteiger partial charge is 0.220 e. The van der Waals surface area contributed by atoms with Gasteiger partial charge in [-0.2, -0.15) is 0 Å². The molecule has 6 nitrogen and oxygen atoms in total. The quantitative estimate of drug-likeness (QED) is 0.617. The molecule has 0 atom stereocenters. The van der Waals surface area contributed by atoms with E-state index in [0.717, 1.165) is 49.6 Å². The maximum absolute atomic E-state index is 12.1. The lowest BCUT2D eigenvalue weighted by Gasteiger charge is -2.32. The number of nitrogens with zero attached hydrogens (tertiary/aromatic N) is 4. The number of carbonyl (C=O) groups is 1. The number of likely N-dealkylation sites (tertiary alicyclic amines) is 1. The first-order chi connectivity index (χ1) is 14.3. The highest BCUT2D eigenvalue weighted by Crippen LogP contribution is 2.24. The van der Waals surface area contributed by atoms with Gasteiger partial charge in [-0.25, -0.2) is 4.98 Å². The van der Waals surface area contributed by atoms with Crippen LogP contribution in [0.15, 0.2) is 54.4 Å². The molecule has 0 saturated carbocycles. The average molecular weight is 410 g/mol. The third-order valence-electron chi connectivity index (χ3n) is 5.54. The number of amides is 1. The Labute approximate surface area is 175 Å². The number of carbonyl (C=O) groups excluding carboxylic acids is 1. The van der Waals surface area contributed by atoms with E-state index in [1.807, 2.05) is 23.7 Å². The van der Waals surface area contributed by atoms with Crippen molar-refractivity contribution in [3.63, 3.8) is 0 Å². The maximum atomic E-state index is 12.1. The highest BCUT2D eigenvalue weighted by Gasteiger charge is 2.21. The summed E-state index contributed by atoms with van der Waals surface area (Å²) in [5.74, 6) is 0.777. The van der Waals surface area contributed by atoms with Crippen LogP contribution in [0.25, 0.3) is 5.13 Å². The number of nitrogens with one attached hydrogen (secondary N) is 1. The van der Waals surface area contributed by atoms with Crippen LogP contribution in [-0.4, -0.2) is 38.4 Å². The second-order valence-electron chi connectivity index (χ2n) is 7.58. The monoisotopic (exact) mass is 409 g/mol. The van der Waals surface area contributed by atoms with Gasteiger partial charge < -0.3 is 5.32 Å². The highest BCUT2D eigenvalue weighted by molar-refractivity contribution is 7.12. The molecule has 1 amide bonds. The Bertz CT molecular complexity index is 885. The Hall–Kier alpha value is -2.51. The van der Waals surface area contributed by atoms with E-state index in [2.05, 4.69) is 43.1 Å². The molecule has 0 spiro atoms. The van der Waals surface area contributed by atoms with Crippen molar-refractivity contribution in [2.45, 2.75) is 38.8 Å². The van der Waals surface area contributed by atoms with Gasteiger partial charge in [0.25, 0.3) is 0 Å². The fourth-order valence-electron chi connectivity index (χ4n) is 3.86. The van der Waals surface area contributed by atoms with Crippen LogP contribution in [0.3, 0.4) is 0 Å². The fourth-order valence-corrected chi connectivity index (χ4v) is 4.51. The molecule has 7 heteroatoms. The Morgan fingerprint density at radius 2 is 2.10 bits per heavy atom. The molecule has 1 saturated heterocycles. The van der Waals surface area contributed by atoms with Crippen molar-refractivity contribution >= 4 is 17.2 Å². The summed E-state index contributed by atoms with van der Waals surface area (Å²) in [5, 5.41) is 6.04. The topological polar surface area (TPSA) is 63.1 Å². The number of pyridine rings is 1. The molecular weight excluding hydrogens is 382 g/mol. The second-order valence-corrected chi connectivity index (χ2v) is 8.45. The molecule has 152 valence electrons. The van der Waals surface area contributed by atoms with Crippen molar-refractivity contribution in [1.82, 2.24) is 24.8 Å². The summed E-state index contributed by atoms with van der Waals surface area (Å²) in [6.07, 6.45) is 11.4. The van der Waals surface area contributed by atoms with E-state index < -0.39 is 0 Å². The molecule has 0 aliphatic carbocycles. The standard InChI is InChI=1S/C22H27N5OS/c28-21(25-16-19-3-1-9-23-15-19)6-5-18-7-12-26(13-8-18)17-20-4-2-11-27(20)22-24-10-14-29-22/h1-4,9-11,14-15,18H,5-8,12-13,16-17H2,(H,25,28). The van der Waals surface area contributed by atoms with Crippen molar-refractivity contribution in [3.05, 3.63) is 65.7 Å². The van der Waals surface area contributed by atoms with E-state index >= 15 is 0 Å². The van der Waals surface area contributed by atoms with E-state index in [9.17, 15) is 4.79 Å². The summed E-state index contributed by atoms with van der Waals surface area (Å²) in [6, 6.07) is 8.14. The molecule has 0 aromatic carbocycles. The van der Waals surface area contributed by atoms with Gasteiger partial charge in [-0.15, -0.1) is 11.3 Å². The molecule has 1 N–H and O–H groups in total. The molecule has 3 aromatic heterocycles. The van der Waals surface area contributed by atoms with E-state index in [-0.39, 0.29) is 5.91 Å². The molecule has 0 unspecified atom stereocenters. The average Bonchev–Trinajstić information content (AvgIpc) is 3.44. The molecule has 4 rings (SSSR count). The zero-order chi connectivity index (χ0) is 19.9. The van der Waals surface area contributed by atoms with Gasteiger partial charge in [0.15, 0.2) is 5.13 Å². The highest BCUT2D eigenvalue weighted by atomic mass is 32.1. The number of aromatic nitrogens is 3.